The molecular weight excluding hydrogens is 329 g/mol. The van der Waals surface area contributed by atoms with Crippen molar-refractivity contribution in [3.8, 4) is 0 Å². The third kappa shape index (κ3) is 2.64. The van der Waals surface area contributed by atoms with Gasteiger partial charge in [0, 0.05) is 26.5 Å². The van der Waals surface area contributed by atoms with Crippen LogP contribution >= 0.6 is 39.1 Å². The fourth-order valence-corrected chi connectivity index (χ4v) is 3.33. The monoisotopic (exact) mass is 335 g/mol. The highest BCUT2D eigenvalue weighted by molar-refractivity contribution is 9.10. The second kappa shape index (κ2) is 4.96. The summed E-state index contributed by atoms with van der Waals surface area (Å²) in [6.45, 7) is 0. The molecule has 2 rings (SSSR count). The van der Waals surface area contributed by atoms with E-state index < -0.39 is 5.92 Å². The summed E-state index contributed by atoms with van der Waals surface area (Å²) in [4.78, 5) is 22.8. The zero-order valence-electron chi connectivity index (χ0n) is 8.60. The minimum Gasteiger partial charge on any atom is -0.296 e. The van der Waals surface area contributed by atoms with Gasteiger partial charge in [-0.25, -0.2) is 0 Å². The van der Waals surface area contributed by atoms with Crippen molar-refractivity contribution in [2.24, 2.45) is 0 Å². The molecule has 0 saturated carbocycles. The lowest BCUT2D eigenvalue weighted by atomic mass is 9.90. The first-order chi connectivity index (χ1) is 7.99. The first kappa shape index (κ1) is 12.9. The molecule has 1 aromatic carbocycles. The van der Waals surface area contributed by atoms with Gasteiger partial charge in [0.15, 0.2) is 0 Å². The van der Waals surface area contributed by atoms with Crippen LogP contribution in [0.25, 0.3) is 0 Å². The molecule has 1 fully saturated rings. The molecule has 1 aliphatic rings. The van der Waals surface area contributed by atoms with E-state index in [2.05, 4.69) is 21.2 Å². The first-order valence-electron chi connectivity index (χ1n) is 4.97. The van der Waals surface area contributed by atoms with Crippen molar-refractivity contribution in [2.75, 3.05) is 0 Å². The van der Waals surface area contributed by atoms with Crippen molar-refractivity contribution in [1.82, 2.24) is 5.32 Å². The molecule has 1 N–H and O–H groups in total. The number of carbonyl (C=O) groups excluding carboxylic acids is 2. The van der Waals surface area contributed by atoms with E-state index in [1.165, 1.54) is 0 Å². The Morgan fingerprint density at radius 2 is 1.82 bits per heavy atom. The van der Waals surface area contributed by atoms with Crippen LogP contribution in [0.15, 0.2) is 16.6 Å². The van der Waals surface area contributed by atoms with E-state index in [9.17, 15) is 9.59 Å². The second-order valence-corrected chi connectivity index (χ2v) is 5.52. The standard InChI is InChI=1S/C11H8BrCl2NO2/c12-5-3-7(13)10(8(14)4-5)6-1-2-9(16)15-11(6)17/h3-4,6H,1-2H2,(H,15,16,17). The van der Waals surface area contributed by atoms with E-state index >= 15 is 0 Å². The summed E-state index contributed by atoms with van der Waals surface area (Å²) in [6, 6.07) is 3.37. The number of hydrogen-bond acceptors (Lipinski definition) is 2. The Kier molecular flexibility index (Phi) is 3.76. The molecule has 1 aliphatic heterocycles. The van der Waals surface area contributed by atoms with Crippen LogP contribution in [0.2, 0.25) is 10.0 Å². The number of benzene rings is 1. The molecule has 0 radical (unpaired) electrons. The van der Waals surface area contributed by atoms with Gasteiger partial charge in [0.2, 0.25) is 11.8 Å². The Morgan fingerprint density at radius 3 is 2.35 bits per heavy atom. The van der Waals surface area contributed by atoms with Gasteiger partial charge in [-0.15, -0.1) is 0 Å². The molecule has 90 valence electrons. The summed E-state index contributed by atoms with van der Waals surface area (Å²) >= 11 is 15.5. The average molecular weight is 337 g/mol. The van der Waals surface area contributed by atoms with Gasteiger partial charge in [-0.05, 0) is 18.6 Å². The van der Waals surface area contributed by atoms with Crippen LogP contribution < -0.4 is 5.32 Å². The van der Waals surface area contributed by atoms with Crippen LogP contribution in [-0.4, -0.2) is 11.8 Å². The van der Waals surface area contributed by atoms with Crippen LogP contribution in [0.5, 0.6) is 0 Å². The number of halogens is 3. The van der Waals surface area contributed by atoms with Gasteiger partial charge in [0.25, 0.3) is 0 Å². The fourth-order valence-electron chi connectivity index (χ4n) is 1.86. The lowest BCUT2D eigenvalue weighted by Crippen LogP contribution is -2.39. The van der Waals surface area contributed by atoms with Gasteiger partial charge in [0.1, 0.15) is 0 Å². The summed E-state index contributed by atoms with van der Waals surface area (Å²) < 4.78 is 0.753. The third-order valence-corrected chi connectivity index (χ3v) is 3.71. The largest absolute Gasteiger partial charge is 0.296 e. The zero-order valence-corrected chi connectivity index (χ0v) is 11.7. The molecule has 17 heavy (non-hydrogen) atoms. The van der Waals surface area contributed by atoms with E-state index in [4.69, 9.17) is 23.2 Å². The summed E-state index contributed by atoms with van der Waals surface area (Å²) in [5, 5.41) is 3.15. The topological polar surface area (TPSA) is 46.2 Å². The molecule has 2 amide bonds. The number of imide groups is 1. The number of piperidine rings is 1. The molecule has 0 bridgehead atoms. The second-order valence-electron chi connectivity index (χ2n) is 3.79. The Balaban J connectivity index is 2.40. The molecule has 1 saturated heterocycles. The van der Waals surface area contributed by atoms with Crippen molar-refractivity contribution in [3.63, 3.8) is 0 Å². The molecule has 0 spiro atoms. The highest BCUT2D eigenvalue weighted by atomic mass is 79.9. The van der Waals surface area contributed by atoms with Crippen LogP contribution in [0.3, 0.4) is 0 Å². The lowest BCUT2D eigenvalue weighted by Gasteiger charge is -2.23. The van der Waals surface area contributed by atoms with Crippen molar-refractivity contribution in [3.05, 3.63) is 32.2 Å². The highest BCUT2D eigenvalue weighted by Gasteiger charge is 2.31. The number of rotatable bonds is 1. The van der Waals surface area contributed by atoms with E-state index in [1.54, 1.807) is 12.1 Å². The normalized spacial score (nSPS) is 20.3. The minimum atomic E-state index is -0.458. The minimum absolute atomic E-state index is 0.254. The highest BCUT2D eigenvalue weighted by Crippen LogP contribution is 2.37. The molecule has 1 aromatic rings. The predicted octanol–water partition coefficient (Wildman–Crippen LogP) is 3.28. The average Bonchev–Trinajstić information content (AvgIpc) is 2.19. The number of nitrogens with one attached hydrogen (secondary N) is 1. The maximum absolute atomic E-state index is 11.7. The molecule has 0 aliphatic carbocycles. The Labute approximate surface area is 117 Å². The Morgan fingerprint density at radius 1 is 1.24 bits per heavy atom. The van der Waals surface area contributed by atoms with Crippen molar-refractivity contribution >= 4 is 50.9 Å². The van der Waals surface area contributed by atoms with E-state index in [0.29, 0.717) is 28.5 Å². The number of hydrogen-bond donors (Lipinski definition) is 1. The smallest absolute Gasteiger partial charge is 0.234 e. The molecular formula is C11H8BrCl2NO2. The zero-order chi connectivity index (χ0) is 12.6. The molecule has 0 aromatic heterocycles. The molecule has 6 heteroatoms. The van der Waals surface area contributed by atoms with E-state index in [0.717, 1.165) is 4.47 Å². The van der Waals surface area contributed by atoms with Gasteiger partial charge in [0.05, 0.1) is 5.92 Å². The summed E-state index contributed by atoms with van der Waals surface area (Å²) in [6.07, 6.45) is 0.741. The van der Waals surface area contributed by atoms with Gasteiger partial charge in [-0.1, -0.05) is 39.1 Å². The Hall–Kier alpha value is -0.580. The van der Waals surface area contributed by atoms with Gasteiger partial charge < -0.3 is 0 Å². The summed E-state index contributed by atoms with van der Waals surface area (Å²) in [5.41, 5.74) is 0.585. The number of carbonyl (C=O) groups is 2. The van der Waals surface area contributed by atoms with Gasteiger partial charge in [-0.2, -0.15) is 0 Å². The predicted molar refractivity (Wildman–Crippen MR) is 69.3 cm³/mol. The van der Waals surface area contributed by atoms with E-state index in [1.807, 2.05) is 0 Å². The third-order valence-electron chi connectivity index (χ3n) is 2.63. The van der Waals surface area contributed by atoms with Crippen molar-refractivity contribution in [1.29, 1.82) is 0 Å². The maximum atomic E-state index is 11.7. The van der Waals surface area contributed by atoms with Crippen LogP contribution in [0.1, 0.15) is 24.3 Å². The number of amides is 2. The summed E-state index contributed by atoms with van der Waals surface area (Å²) in [7, 11) is 0. The molecule has 1 heterocycles. The van der Waals surface area contributed by atoms with Crippen LogP contribution in [0, 0.1) is 0 Å². The van der Waals surface area contributed by atoms with Crippen LogP contribution in [0.4, 0.5) is 0 Å². The fraction of sp³-hybridized carbons (Fsp3) is 0.273. The molecule has 1 atom stereocenters. The SMILES string of the molecule is O=C1CCC(c2c(Cl)cc(Br)cc2Cl)C(=O)N1. The van der Waals surface area contributed by atoms with Crippen molar-refractivity contribution < 1.29 is 9.59 Å². The quantitative estimate of drug-likeness (QED) is 0.800. The Bertz CT molecular complexity index is 481. The molecule has 3 nitrogen and oxygen atoms in total. The molecule has 1 unspecified atom stereocenters. The van der Waals surface area contributed by atoms with Gasteiger partial charge >= 0.3 is 0 Å². The van der Waals surface area contributed by atoms with Gasteiger partial charge in [-0.3, -0.25) is 14.9 Å². The lowest BCUT2D eigenvalue weighted by molar-refractivity contribution is -0.134. The first-order valence-corrected chi connectivity index (χ1v) is 6.52. The van der Waals surface area contributed by atoms with Crippen LogP contribution in [-0.2, 0) is 9.59 Å². The van der Waals surface area contributed by atoms with Crippen molar-refractivity contribution in [2.45, 2.75) is 18.8 Å². The maximum Gasteiger partial charge on any atom is 0.234 e. The van der Waals surface area contributed by atoms with E-state index in [-0.39, 0.29) is 11.8 Å². The summed E-state index contributed by atoms with van der Waals surface area (Å²) in [5.74, 6) is -1.05.